The minimum atomic E-state index is -0.370. The van der Waals surface area contributed by atoms with Crippen molar-refractivity contribution in [3.05, 3.63) is 71.0 Å². The van der Waals surface area contributed by atoms with Gasteiger partial charge in [0.1, 0.15) is 23.2 Å². The Bertz CT molecular complexity index is 844. The van der Waals surface area contributed by atoms with Crippen LogP contribution in [0.4, 0.5) is 4.39 Å². The summed E-state index contributed by atoms with van der Waals surface area (Å²) in [7, 11) is 1.62. The molecule has 2 aromatic carbocycles. The quantitative estimate of drug-likeness (QED) is 0.619. The van der Waals surface area contributed by atoms with Crippen molar-refractivity contribution in [1.82, 2.24) is 4.98 Å². The summed E-state index contributed by atoms with van der Waals surface area (Å²) >= 11 is 1.49. The summed E-state index contributed by atoms with van der Waals surface area (Å²) in [5.41, 5.74) is 2.39. The standard InChI is InChI=1S/C19H16FNO3S/c1-23-17-8-4-14(5-9-17)19-21-16(12-25-19)11-24-18(22)10-13-2-6-15(20)7-3-13/h2-9,12H,10-11H2,1H3. The SMILES string of the molecule is COc1ccc(-c2nc(COC(=O)Cc3ccc(F)cc3)cs2)cc1. The number of carbonyl (C=O) groups is 1. The summed E-state index contributed by atoms with van der Waals surface area (Å²) in [6.45, 7) is 0.118. The van der Waals surface area contributed by atoms with Crippen LogP contribution in [0.15, 0.2) is 53.9 Å². The minimum absolute atomic E-state index is 0.107. The van der Waals surface area contributed by atoms with Crippen LogP contribution in [0.2, 0.25) is 0 Å². The van der Waals surface area contributed by atoms with E-state index in [1.54, 1.807) is 19.2 Å². The van der Waals surface area contributed by atoms with E-state index in [-0.39, 0.29) is 24.8 Å². The average Bonchev–Trinajstić information content (AvgIpc) is 3.11. The highest BCUT2D eigenvalue weighted by molar-refractivity contribution is 7.13. The lowest BCUT2D eigenvalue weighted by Crippen LogP contribution is -2.08. The first-order valence-corrected chi connectivity index (χ1v) is 8.51. The van der Waals surface area contributed by atoms with Gasteiger partial charge in [-0.15, -0.1) is 11.3 Å². The molecule has 0 spiro atoms. The lowest BCUT2D eigenvalue weighted by Gasteiger charge is -2.03. The zero-order valence-corrected chi connectivity index (χ0v) is 14.4. The number of methoxy groups -OCH3 is 1. The van der Waals surface area contributed by atoms with E-state index in [0.29, 0.717) is 11.3 Å². The van der Waals surface area contributed by atoms with Gasteiger partial charge in [-0.25, -0.2) is 9.37 Å². The largest absolute Gasteiger partial charge is 0.497 e. The Kier molecular flexibility index (Phi) is 5.40. The third-order valence-corrected chi connectivity index (χ3v) is 4.47. The van der Waals surface area contributed by atoms with Crippen LogP contribution in [0.1, 0.15) is 11.3 Å². The monoisotopic (exact) mass is 357 g/mol. The van der Waals surface area contributed by atoms with E-state index in [1.807, 2.05) is 29.6 Å². The molecule has 3 rings (SSSR count). The Morgan fingerprint density at radius 2 is 1.84 bits per heavy atom. The third-order valence-electron chi connectivity index (χ3n) is 3.53. The van der Waals surface area contributed by atoms with Gasteiger partial charge in [0.05, 0.1) is 19.2 Å². The second-order valence-electron chi connectivity index (χ2n) is 5.34. The average molecular weight is 357 g/mol. The van der Waals surface area contributed by atoms with Crippen molar-refractivity contribution in [3.63, 3.8) is 0 Å². The molecule has 0 aliphatic heterocycles. The number of aromatic nitrogens is 1. The zero-order valence-electron chi connectivity index (χ0n) is 13.6. The van der Waals surface area contributed by atoms with Crippen molar-refractivity contribution in [3.8, 4) is 16.3 Å². The Labute approximate surface area is 148 Å². The van der Waals surface area contributed by atoms with Crippen molar-refractivity contribution in [2.45, 2.75) is 13.0 Å². The number of hydrogen-bond donors (Lipinski definition) is 0. The molecule has 4 nitrogen and oxygen atoms in total. The van der Waals surface area contributed by atoms with Gasteiger partial charge in [0.15, 0.2) is 0 Å². The molecular formula is C19H16FNO3S. The zero-order chi connectivity index (χ0) is 17.6. The van der Waals surface area contributed by atoms with Crippen LogP contribution in [-0.4, -0.2) is 18.1 Å². The minimum Gasteiger partial charge on any atom is -0.497 e. The predicted molar refractivity (Wildman–Crippen MR) is 94.0 cm³/mol. The van der Waals surface area contributed by atoms with Gasteiger partial charge in [-0.3, -0.25) is 4.79 Å². The number of halogens is 1. The summed E-state index contributed by atoms with van der Waals surface area (Å²) in [5.74, 6) is 0.0894. The first-order valence-electron chi connectivity index (χ1n) is 7.63. The maximum absolute atomic E-state index is 12.8. The number of thiazole rings is 1. The summed E-state index contributed by atoms with van der Waals surface area (Å²) in [4.78, 5) is 16.3. The molecule has 0 atom stereocenters. The van der Waals surface area contributed by atoms with Crippen molar-refractivity contribution in [2.75, 3.05) is 7.11 Å². The Balaban J connectivity index is 1.55. The van der Waals surface area contributed by atoms with Gasteiger partial charge in [0, 0.05) is 10.9 Å². The molecule has 1 aromatic heterocycles. The molecule has 0 bridgehead atoms. The number of nitrogens with zero attached hydrogens (tertiary/aromatic N) is 1. The highest BCUT2D eigenvalue weighted by Gasteiger charge is 2.09. The normalized spacial score (nSPS) is 10.5. The molecule has 25 heavy (non-hydrogen) atoms. The summed E-state index contributed by atoms with van der Waals surface area (Å²) in [6.07, 6.45) is 0.107. The van der Waals surface area contributed by atoms with E-state index >= 15 is 0 Å². The van der Waals surface area contributed by atoms with Gasteiger partial charge in [-0.2, -0.15) is 0 Å². The van der Waals surface area contributed by atoms with Crippen molar-refractivity contribution in [2.24, 2.45) is 0 Å². The van der Waals surface area contributed by atoms with E-state index in [9.17, 15) is 9.18 Å². The summed E-state index contributed by atoms with van der Waals surface area (Å²) in [6, 6.07) is 13.4. The van der Waals surface area contributed by atoms with Crippen LogP contribution in [0.25, 0.3) is 10.6 Å². The molecule has 3 aromatic rings. The Morgan fingerprint density at radius 3 is 2.52 bits per heavy atom. The molecule has 0 aliphatic rings. The van der Waals surface area contributed by atoms with Gasteiger partial charge in [-0.1, -0.05) is 12.1 Å². The van der Waals surface area contributed by atoms with E-state index in [4.69, 9.17) is 9.47 Å². The van der Waals surface area contributed by atoms with Gasteiger partial charge in [0.2, 0.25) is 0 Å². The molecule has 6 heteroatoms. The first kappa shape index (κ1) is 17.1. The van der Waals surface area contributed by atoms with Gasteiger partial charge in [0.25, 0.3) is 0 Å². The molecule has 0 saturated carbocycles. The predicted octanol–water partition coefficient (Wildman–Crippen LogP) is 4.24. The maximum atomic E-state index is 12.8. The number of benzene rings is 2. The number of hydrogen-bond acceptors (Lipinski definition) is 5. The van der Waals surface area contributed by atoms with Gasteiger partial charge in [-0.05, 0) is 42.0 Å². The highest BCUT2D eigenvalue weighted by Crippen LogP contribution is 2.26. The van der Waals surface area contributed by atoms with Gasteiger partial charge >= 0.3 is 5.97 Å². The molecule has 0 aliphatic carbocycles. The molecule has 0 radical (unpaired) electrons. The van der Waals surface area contributed by atoms with Crippen LogP contribution in [0.3, 0.4) is 0 Å². The van der Waals surface area contributed by atoms with E-state index in [2.05, 4.69) is 4.98 Å². The molecular weight excluding hydrogens is 341 g/mol. The smallest absolute Gasteiger partial charge is 0.310 e. The lowest BCUT2D eigenvalue weighted by atomic mass is 10.1. The van der Waals surface area contributed by atoms with E-state index in [0.717, 1.165) is 16.3 Å². The fourth-order valence-corrected chi connectivity index (χ4v) is 3.02. The Morgan fingerprint density at radius 1 is 1.12 bits per heavy atom. The number of rotatable bonds is 6. The van der Waals surface area contributed by atoms with Crippen molar-refractivity contribution in [1.29, 1.82) is 0 Å². The summed E-state index contributed by atoms with van der Waals surface area (Å²) in [5, 5.41) is 2.72. The van der Waals surface area contributed by atoms with Crippen LogP contribution in [0.5, 0.6) is 5.75 Å². The lowest BCUT2D eigenvalue weighted by molar-refractivity contribution is -0.144. The first-order chi connectivity index (χ1) is 12.1. The number of esters is 1. The summed E-state index contributed by atoms with van der Waals surface area (Å²) < 4.78 is 23.2. The number of ether oxygens (including phenoxy) is 2. The van der Waals surface area contributed by atoms with E-state index in [1.165, 1.54) is 23.5 Å². The van der Waals surface area contributed by atoms with Crippen molar-refractivity contribution < 1.29 is 18.7 Å². The fourth-order valence-electron chi connectivity index (χ4n) is 2.21. The molecule has 0 amide bonds. The second-order valence-corrected chi connectivity index (χ2v) is 6.19. The Hall–Kier alpha value is -2.73. The van der Waals surface area contributed by atoms with Crippen molar-refractivity contribution >= 4 is 17.3 Å². The highest BCUT2D eigenvalue weighted by atomic mass is 32.1. The van der Waals surface area contributed by atoms with Crippen LogP contribution < -0.4 is 4.74 Å². The molecule has 0 unspecified atom stereocenters. The molecule has 128 valence electrons. The topological polar surface area (TPSA) is 48.4 Å². The van der Waals surface area contributed by atoms with E-state index < -0.39 is 0 Å². The van der Waals surface area contributed by atoms with Crippen LogP contribution in [0, 0.1) is 5.82 Å². The molecule has 1 heterocycles. The maximum Gasteiger partial charge on any atom is 0.310 e. The fraction of sp³-hybridized carbons (Fsp3) is 0.158. The third kappa shape index (κ3) is 4.64. The van der Waals surface area contributed by atoms with Crippen LogP contribution in [-0.2, 0) is 22.6 Å². The van der Waals surface area contributed by atoms with Gasteiger partial charge < -0.3 is 9.47 Å². The van der Waals surface area contributed by atoms with Crippen LogP contribution >= 0.6 is 11.3 Å². The molecule has 0 N–H and O–H groups in total. The molecule has 0 fully saturated rings. The number of carbonyl (C=O) groups excluding carboxylic acids is 1. The molecule has 0 saturated heterocycles. The second kappa shape index (κ2) is 7.90.